The van der Waals surface area contributed by atoms with E-state index in [0.29, 0.717) is 0 Å². The van der Waals surface area contributed by atoms with Crippen molar-refractivity contribution in [2.75, 3.05) is 19.0 Å². The molecular weight excluding hydrogens is 349 g/mol. The molecule has 3 aromatic rings. The standard InChI is InChI=1S/C21H17ClFN3/c1-26(2)21-8-4-14(11-25-21)15-9-17-16(5-7-20(17)24-12-15)13-3-6-19(23)18(22)10-13/h3-6,8-12H,7H2,1-2H3. The molecule has 0 N–H and O–H groups in total. The van der Waals surface area contributed by atoms with Crippen LogP contribution in [0.4, 0.5) is 10.2 Å². The van der Waals surface area contributed by atoms with Crippen molar-refractivity contribution in [1.82, 2.24) is 9.97 Å². The minimum Gasteiger partial charge on any atom is -0.363 e. The van der Waals surface area contributed by atoms with Crippen molar-refractivity contribution in [1.29, 1.82) is 0 Å². The molecule has 0 radical (unpaired) electrons. The number of nitrogens with zero attached hydrogens (tertiary/aromatic N) is 3. The highest BCUT2D eigenvalue weighted by Gasteiger charge is 2.19. The summed E-state index contributed by atoms with van der Waals surface area (Å²) < 4.78 is 13.5. The predicted molar refractivity (Wildman–Crippen MR) is 104 cm³/mol. The molecule has 0 aliphatic heterocycles. The number of hydrogen-bond acceptors (Lipinski definition) is 3. The van der Waals surface area contributed by atoms with Crippen LogP contribution in [0.25, 0.3) is 16.7 Å². The normalized spacial score (nSPS) is 12.7. The number of benzene rings is 1. The number of aromatic nitrogens is 2. The van der Waals surface area contributed by atoms with Crippen LogP contribution < -0.4 is 4.90 Å². The van der Waals surface area contributed by atoms with E-state index in [0.717, 1.165) is 45.8 Å². The van der Waals surface area contributed by atoms with Crippen molar-refractivity contribution in [2.45, 2.75) is 6.42 Å². The van der Waals surface area contributed by atoms with Crippen LogP contribution in [0.2, 0.25) is 5.02 Å². The lowest BCUT2D eigenvalue weighted by Gasteiger charge is -2.12. The molecule has 1 aliphatic carbocycles. The zero-order valence-electron chi connectivity index (χ0n) is 14.5. The van der Waals surface area contributed by atoms with Gasteiger partial charge in [0.25, 0.3) is 0 Å². The SMILES string of the molecule is CN(C)c1ccc(-c2cnc3c(c2)C(c2ccc(F)c(Cl)c2)=CC3)cn1. The van der Waals surface area contributed by atoms with E-state index in [4.69, 9.17) is 11.6 Å². The van der Waals surface area contributed by atoms with Gasteiger partial charge in [-0.2, -0.15) is 0 Å². The maximum atomic E-state index is 13.5. The van der Waals surface area contributed by atoms with Crippen LogP contribution in [0.3, 0.4) is 0 Å². The Labute approximate surface area is 156 Å². The lowest BCUT2D eigenvalue weighted by molar-refractivity contribution is 0.628. The summed E-state index contributed by atoms with van der Waals surface area (Å²) >= 11 is 5.96. The van der Waals surface area contributed by atoms with Crippen molar-refractivity contribution >= 4 is 23.0 Å². The molecule has 0 fully saturated rings. The number of rotatable bonds is 3. The first-order chi connectivity index (χ1) is 12.5. The van der Waals surface area contributed by atoms with Gasteiger partial charge in [0.05, 0.1) is 10.7 Å². The Hall–Kier alpha value is -2.72. The average molecular weight is 366 g/mol. The van der Waals surface area contributed by atoms with E-state index in [1.807, 2.05) is 43.5 Å². The van der Waals surface area contributed by atoms with Crippen molar-refractivity contribution < 1.29 is 4.39 Å². The predicted octanol–water partition coefficient (Wildman–Crippen LogP) is 4.99. The first-order valence-corrected chi connectivity index (χ1v) is 8.69. The van der Waals surface area contributed by atoms with Crippen LogP contribution in [0.5, 0.6) is 0 Å². The third-order valence-corrected chi connectivity index (χ3v) is 4.82. The van der Waals surface area contributed by atoms with Gasteiger partial charge < -0.3 is 4.90 Å². The number of anilines is 1. The van der Waals surface area contributed by atoms with E-state index in [-0.39, 0.29) is 5.02 Å². The Morgan fingerprint density at radius 1 is 0.962 bits per heavy atom. The number of halogens is 2. The molecule has 1 aliphatic rings. The molecular formula is C21H17ClFN3. The highest BCUT2D eigenvalue weighted by Crippen LogP contribution is 2.35. The molecule has 0 saturated heterocycles. The van der Waals surface area contributed by atoms with Gasteiger partial charge in [0, 0.05) is 49.6 Å². The van der Waals surface area contributed by atoms with E-state index in [1.165, 1.54) is 6.07 Å². The molecule has 0 unspecified atom stereocenters. The van der Waals surface area contributed by atoms with Gasteiger partial charge >= 0.3 is 0 Å². The highest BCUT2D eigenvalue weighted by atomic mass is 35.5. The van der Waals surface area contributed by atoms with Gasteiger partial charge in [0.15, 0.2) is 0 Å². The minimum atomic E-state index is -0.409. The highest BCUT2D eigenvalue weighted by molar-refractivity contribution is 6.31. The van der Waals surface area contributed by atoms with Crippen LogP contribution in [-0.2, 0) is 6.42 Å². The second-order valence-electron chi connectivity index (χ2n) is 6.47. The molecule has 2 heterocycles. The van der Waals surface area contributed by atoms with Crippen molar-refractivity contribution in [3.63, 3.8) is 0 Å². The van der Waals surface area contributed by atoms with Crippen LogP contribution >= 0.6 is 11.6 Å². The molecule has 0 bridgehead atoms. The number of fused-ring (bicyclic) bond motifs is 1. The van der Waals surface area contributed by atoms with Crippen LogP contribution in [0.15, 0.2) is 54.9 Å². The Balaban J connectivity index is 1.72. The van der Waals surface area contributed by atoms with Crippen molar-refractivity contribution in [3.8, 4) is 11.1 Å². The Morgan fingerprint density at radius 3 is 2.42 bits per heavy atom. The summed E-state index contributed by atoms with van der Waals surface area (Å²) in [7, 11) is 3.92. The van der Waals surface area contributed by atoms with Crippen LogP contribution in [0.1, 0.15) is 16.8 Å². The van der Waals surface area contributed by atoms with Gasteiger partial charge in [-0.1, -0.05) is 23.7 Å². The second kappa shape index (κ2) is 6.54. The average Bonchev–Trinajstić information content (AvgIpc) is 3.07. The van der Waals surface area contributed by atoms with E-state index >= 15 is 0 Å². The smallest absolute Gasteiger partial charge is 0.141 e. The summed E-state index contributed by atoms with van der Waals surface area (Å²) in [6, 6.07) is 11.0. The second-order valence-corrected chi connectivity index (χ2v) is 6.88. The van der Waals surface area contributed by atoms with Crippen LogP contribution in [-0.4, -0.2) is 24.1 Å². The molecule has 0 amide bonds. The van der Waals surface area contributed by atoms with Gasteiger partial charge in [-0.15, -0.1) is 0 Å². The summed E-state index contributed by atoms with van der Waals surface area (Å²) in [5, 5.41) is 0.129. The Morgan fingerprint density at radius 2 is 1.73 bits per heavy atom. The molecule has 4 rings (SSSR count). The summed E-state index contributed by atoms with van der Waals surface area (Å²) in [6.07, 6.45) is 6.60. The van der Waals surface area contributed by atoms with Crippen molar-refractivity contribution in [2.24, 2.45) is 0 Å². The third-order valence-electron chi connectivity index (χ3n) is 4.53. The molecule has 0 atom stereocenters. The largest absolute Gasteiger partial charge is 0.363 e. The topological polar surface area (TPSA) is 29.0 Å². The minimum absolute atomic E-state index is 0.129. The van der Waals surface area contributed by atoms with Gasteiger partial charge in [0.2, 0.25) is 0 Å². The fourth-order valence-corrected chi connectivity index (χ4v) is 3.29. The maximum Gasteiger partial charge on any atom is 0.141 e. The fourth-order valence-electron chi connectivity index (χ4n) is 3.11. The quantitative estimate of drug-likeness (QED) is 0.654. The maximum absolute atomic E-state index is 13.5. The van der Waals surface area contributed by atoms with Crippen LogP contribution in [0, 0.1) is 5.82 Å². The zero-order valence-corrected chi connectivity index (χ0v) is 15.3. The van der Waals surface area contributed by atoms with E-state index in [9.17, 15) is 4.39 Å². The molecule has 0 saturated carbocycles. The molecule has 2 aromatic heterocycles. The lowest BCUT2D eigenvalue weighted by Crippen LogP contribution is -2.10. The number of hydrogen-bond donors (Lipinski definition) is 0. The molecule has 0 spiro atoms. The number of allylic oxidation sites excluding steroid dienone is 1. The lowest BCUT2D eigenvalue weighted by atomic mass is 9.98. The van der Waals surface area contributed by atoms with Gasteiger partial charge in [-0.3, -0.25) is 4.98 Å². The fraction of sp³-hybridized carbons (Fsp3) is 0.143. The Kier molecular flexibility index (Phi) is 4.21. The molecule has 1 aromatic carbocycles. The Bertz CT molecular complexity index is 1010. The van der Waals surface area contributed by atoms with E-state index in [2.05, 4.69) is 22.1 Å². The first-order valence-electron chi connectivity index (χ1n) is 8.31. The monoisotopic (exact) mass is 365 g/mol. The molecule has 5 heteroatoms. The van der Waals surface area contributed by atoms with Gasteiger partial charge in [-0.05, 0) is 41.5 Å². The summed E-state index contributed by atoms with van der Waals surface area (Å²) in [5.41, 5.74) is 6.02. The van der Waals surface area contributed by atoms with Gasteiger partial charge in [-0.25, -0.2) is 9.37 Å². The summed E-state index contributed by atoms with van der Waals surface area (Å²) in [6.45, 7) is 0. The van der Waals surface area contributed by atoms with E-state index < -0.39 is 5.82 Å². The first kappa shape index (κ1) is 16.7. The number of pyridine rings is 2. The zero-order chi connectivity index (χ0) is 18.3. The third kappa shape index (κ3) is 2.97. The van der Waals surface area contributed by atoms with E-state index in [1.54, 1.807) is 12.1 Å². The molecule has 3 nitrogen and oxygen atoms in total. The summed E-state index contributed by atoms with van der Waals surface area (Å²) in [5.74, 6) is 0.498. The molecule has 26 heavy (non-hydrogen) atoms. The van der Waals surface area contributed by atoms with Gasteiger partial charge in [0.1, 0.15) is 11.6 Å². The van der Waals surface area contributed by atoms with Crippen molar-refractivity contribution in [3.05, 3.63) is 82.5 Å². The summed E-state index contributed by atoms with van der Waals surface area (Å²) in [4.78, 5) is 11.0. The molecule has 130 valence electrons.